The van der Waals surface area contributed by atoms with Crippen molar-refractivity contribution < 1.29 is 19.5 Å². The van der Waals surface area contributed by atoms with Gasteiger partial charge < -0.3 is 10.1 Å². The first-order valence-corrected chi connectivity index (χ1v) is 5.16. The third-order valence-electron chi connectivity index (χ3n) is 1.66. The maximum Gasteiger partial charge on any atom is 0.408 e. The number of rotatable bonds is 3. The van der Waals surface area contributed by atoms with E-state index in [1.54, 1.807) is 27.7 Å². The molecule has 1 atom stereocenters. The SMILES string of the molecule is CCN(O)C(=O)[C@@H](C)OC(=O)NC(C)(C)C. The number of likely N-dealkylation sites (N-methyl/N-ethyl adjacent to an activating group) is 1. The van der Waals surface area contributed by atoms with Gasteiger partial charge in [0.2, 0.25) is 0 Å². The first kappa shape index (κ1) is 14.7. The van der Waals surface area contributed by atoms with Gasteiger partial charge in [0.1, 0.15) is 0 Å². The van der Waals surface area contributed by atoms with Gasteiger partial charge in [0, 0.05) is 12.1 Å². The van der Waals surface area contributed by atoms with Gasteiger partial charge in [0.05, 0.1) is 0 Å². The fourth-order valence-corrected chi connectivity index (χ4v) is 0.912. The van der Waals surface area contributed by atoms with E-state index in [1.165, 1.54) is 6.92 Å². The van der Waals surface area contributed by atoms with E-state index in [-0.39, 0.29) is 6.54 Å². The summed E-state index contributed by atoms with van der Waals surface area (Å²) in [5.74, 6) is -0.647. The minimum atomic E-state index is -1.01. The molecule has 0 aliphatic carbocycles. The van der Waals surface area contributed by atoms with Crippen molar-refractivity contribution in [3.8, 4) is 0 Å². The van der Waals surface area contributed by atoms with Crippen molar-refractivity contribution in [1.82, 2.24) is 10.4 Å². The van der Waals surface area contributed by atoms with Gasteiger partial charge in [-0.15, -0.1) is 0 Å². The van der Waals surface area contributed by atoms with Crippen LogP contribution in [0.3, 0.4) is 0 Å². The number of hydroxylamine groups is 2. The quantitative estimate of drug-likeness (QED) is 0.565. The van der Waals surface area contributed by atoms with Crippen LogP contribution >= 0.6 is 0 Å². The summed E-state index contributed by atoms with van der Waals surface area (Å²) < 4.78 is 4.81. The van der Waals surface area contributed by atoms with Gasteiger partial charge in [0.25, 0.3) is 5.91 Å². The van der Waals surface area contributed by atoms with Gasteiger partial charge in [-0.1, -0.05) is 0 Å². The molecule has 6 nitrogen and oxygen atoms in total. The fraction of sp³-hybridized carbons (Fsp3) is 0.800. The summed E-state index contributed by atoms with van der Waals surface area (Å²) >= 11 is 0. The molecule has 0 spiro atoms. The highest BCUT2D eigenvalue weighted by Crippen LogP contribution is 2.02. The van der Waals surface area contributed by atoms with E-state index in [9.17, 15) is 9.59 Å². The van der Waals surface area contributed by atoms with Crippen LogP contribution < -0.4 is 5.32 Å². The summed E-state index contributed by atoms with van der Waals surface area (Å²) in [6.45, 7) is 8.55. The Bertz CT molecular complexity index is 260. The van der Waals surface area contributed by atoms with Crippen LogP contribution in [-0.2, 0) is 9.53 Å². The summed E-state index contributed by atoms with van der Waals surface area (Å²) in [4.78, 5) is 22.6. The van der Waals surface area contributed by atoms with Crippen molar-refractivity contribution in [2.75, 3.05) is 6.54 Å². The number of carbonyl (C=O) groups is 2. The Morgan fingerprint density at radius 3 is 2.31 bits per heavy atom. The maximum atomic E-state index is 11.3. The molecule has 2 N–H and O–H groups in total. The van der Waals surface area contributed by atoms with Crippen LogP contribution in [0.4, 0.5) is 4.79 Å². The molecule has 0 unspecified atom stereocenters. The van der Waals surface area contributed by atoms with Gasteiger partial charge in [-0.05, 0) is 34.6 Å². The molecule has 0 aromatic heterocycles. The number of hydrogen-bond acceptors (Lipinski definition) is 4. The Labute approximate surface area is 95.5 Å². The van der Waals surface area contributed by atoms with Gasteiger partial charge in [0.15, 0.2) is 6.10 Å². The lowest BCUT2D eigenvalue weighted by Crippen LogP contribution is -2.45. The smallest absolute Gasteiger partial charge is 0.408 e. The number of carbonyl (C=O) groups excluding carboxylic acids is 2. The van der Waals surface area contributed by atoms with E-state index in [0.29, 0.717) is 5.06 Å². The Hall–Kier alpha value is -1.30. The topological polar surface area (TPSA) is 78.9 Å². The highest BCUT2D eigenvalue weighted by Gasteiger charge is 2.23. The molecule has 94 valence electrons. The molecule has 0 aromatic rings. The zero-order valence-electron chi connectivity index (χ0n) is 10.4. The van der Waals surface area contributed by atoms with Crippen molar-refractivity contribution in [3.63, 3.8) is 0 Å². The lowest BCUT2D eigenvalue weighted by atomic mass is 10.1. The monoisotopic (exact) mass is 232 g/mol. The standard InChI is InChI=1S/C10H20N2O4/c1-6-12(15)8(13)7(2)16-9(14)11-10(3,4)5/h7,15H,6H2,1-5H3,(H,11,14)/t7-/m1/s1. The predicted molar refractivity (Wildman–Crippen MR) is 58.0 cm³/mol. The Kier molecular flexibility index (Phi) is 5.23. The molecule has 0 aliphatic rings. The average molecular weight is 232 g/mol. The molecule has 0 aromatic carbocycles. The number of ether oxygens (including phenoxy) is 1. The lowest BCUT2D eigenvalue weighted by Gasteiger charge is -2.23. The van der Waals surface area contributed by atoms with Crippen LogP contribution in [-0.4, -0.2) is 40.5 Å². The molecule has 0 aliphatic heterocycles. The summed E-state index contributed by atoms with van der Waals surface area (Å²) in [5.41, 5.74) is -0.427. The molecule has 6 heteroatoms. The highest BCUT2D eigenvalue weighted by molar-refractivity contribution is 5.82. The van der Waals surface area contributed by atoms with E-state index in [0.717, 1.165) is 0 Å². The highest BCUT2D eigenvalue weighted by atomic mass is 16.6. The van der Waals surface area contributed by atoms with Crippen molar-refractivity contribution in [1.29, 1.82) is 0 Å². The van der Waals surface area contributed by atoms with Crippen molar-refractivity contribution >= 4 is 12.0 Å². The third kappa shape index (κ3) is 5.55. The van der Waals surface area contributed by atoms with Gasteiger partial charge in [-0.25, -0.2) is 9.86 Å². The van der Waals surface area contributed by atoms with Crippen LogP contribution in [0.5, 0.6) is 0 Å². The first-order chi connectivity index (χ1) is 7.17. The molecule has 0 radical (unpaired) electrons. The maximum absolute atomic E-state index is 11.3. The molecular formula is C10H20N2O4. The first-order valence-electron chi connectivity index (χ1n) is 5.16. The van der Waals surface area contributed by atoms with Crippen LogP contribution in [0, 0.1) is 0 Å². The number of nitrogens with zero attached hydrogens (tertiary/aromatic N) is 1. The molecule has 0 bridgehead atoms. The number of amides is 2. The van der Waals surface area contributed by atoms with Crippen LogP contribution in [0.25, 0.3) is 0 Å². The average Bonchev–Trinajstić information content (AvgIpc) is 2.12. The minimum Gasteiger partial charge on any atom is -0.436 e. The number of alkyl carbamates (subject to hydrolysis) is 1. The summed E-state index contributed by atoms with van der Waals surface area (Å²) in [7, 11) is 0. The number of hydrogen-bond donors (Lipinski definition) is 2. The fourth-order valence-electron chi connectivity index (χ4n) is 0.912. The van der Waals surface area contributed by atoms with E-state index >= 15 is 0 Å². The molecule has 2 amide bonds. The Morgan fingerprint density at radius 1 is 1.44 bits per heavy atom. The minimum absolute atomic E-state index is 0.146. The van der Waals surface area contributed by atoms with Gasteiger partial charge in [-0.3, -0.25) is 10.0 Å². The third-order valence-corrected chi connectivity index (χ3v) is 1.66. The van der Waals surface area contributed by atoms with E-state index < -0.39 is 23.6 Å². The zero-order chi connectivity index (χ0) is 12.9. The van der Waals surface area contributed by atoms with Gasteiger partial charge >= 0.3 is 6.09 Å². The van der Waals surface area contributed by atoms with E-state index in [2.05, 4.69) is 5.32 Å². The Balaban J connectivity index is 4.20. The summed E-state index contributed by atoms with van der Waals surface area (Å²) in [6.07, 6.45) is -1.69. The van der Waals surface area contributed by atoms with Crippen LogP contribution in [0.1, 0.15) is 34.6 Å². The Morgan fingerprint density at radius 2 is 1.94 bits per heavy atom. The predicted octanol–water partition coefficient (Wildman–Crippen LogP) is 1.14. The van der Waals surface area contributed by atoms with Crippen LogP contribution in [0.15, 0.2) is 0 Å². The molecule has 0 saturated heterocycles. The molecule has 0 saturated carbocycles. The van der Waals surface area contributed by atoms with Crippen molar-refractivity contribution in [2.24, 2.45) is 0 Å². The van der Waals surface area contributed by atoms with Crippen molar-refractivity contribution in [2.45, 2.75) is 46.3 Å². The normalized spacial score (nSPS) is 12.9. The zero-order valence-corrected chi connectivity index (χ0v) is 10.4. The molecule has 0 fully saturated rings. The second kappa shape index (κ2) is 5.69. The number of nitrogens with one attached hydrogen (secondary N) is 1. The van der Waals surface area contributed by atoms with Gasteiger partial charge in [-0.2, -0.15) is 0 Å². The van der Waals surface area contributed by atoms with E-state index in [1.807, 2.05) is 0 Å². The second-order valence-electron chi connectivity index (χ2n) is 4.48. The molecule has 16 heavy (non-hydrogen) atoms. The largest absolute Gasteiger partial charge is 0.436 e. The van der Waals surface area contributed by atoms with Crippen LogP contribution in [0.2, 0.25) is 0 Å². The summed E-state index contributed by atoms with van der Waals surface area (Å²) in [6, 6.07) is 0. The van der Waals surface area contributed by atoms with E-state index in [4.69, 9.17) is 9.94 Å². The van der Waals surface area contributed by atoms with Crippen molar-refractivity contribution in [3.05, 3.63) is 0 Å². The molecular weight excluding hydrogens is 212 g/mol. The summed E-state index contributed by atoms with van der Waals surface area (Å²) in [5, 5.41) is 12.2. The molecule has 0 heterocycles. The lowest BCUT2D eigenvalue weighted by molar-refractivity contribution is -0.172. The second-order valence-corrected chi connectivity index (χ2v) is 4.48. The molecule has 0 rings (SSSR count).